The van der Waals surface area contributed by atoms with Crippen molar-refractivity contribution in [1.82, 2.24) is 4.98 Å². The molecule has 0 radical (unpaired) electrons. The van der Waals surface area contributed by atoms with Gasteiger partial charge in [0.1, 0.15) is 5.01 Å². The van der Waals surface area contributed by atoms with Gasteiger partial charge < -0.3 is 10.5 Å². The Morgan fingerprint density at radius 3 is 2.42 bits per heavy atom. The predicted octanol–water partition coefficient (Wildman–Crippen LogP) is 2.83. The highest BCUT2D eigenvalue weighted by atomic mass is 32.1. The molecule has 0 aliphatic heterocycles. The van der Waals surface area contributed by atoms with E-state index in [4.69, 9.17) is 10.5 Å². The molecule has 0 aliphatic rings. The lowest BCUT2D eigenvalue weighted by molar-refractivity contribution is 0.181. The van der Waals surface area contributed by atoms with Crippen LogP contribution in [0, 0.1) is 17.5 Å². The lowest BCUT2D eigenvalue weighted by Crippen LogP contribution is -1.99. The third-order valence-electron chi connectivity index (χ3n) is 2.48. The van der Waals surface area contributed by atoms with Crippen molar-refractivity contribution >= 4 is 11.3 Å². The lowest BCUT2D eigenvalue weighted by Gasteiger charge is -1.99. The number of ether oxygens (including phenoxy) is 1. The van der Waals surface area contributed by atoms with Gasteiger partial charge in [-0.1, -0.05) is 0 Å². The third-order valence-corrected chi connectivity index (χ3v) is 3.64. The van der Waals surface area contributed by atoms with Crippen LogP contribution < -0.4 is 5.73 Å². The van der Waals surface area contributed by atoms with E-state index in [2.05, 4.69) is 4.98 Å². The smallest absolute Gasteiger partial charge is 0.194 e. The Bertz CT molecular complexity index is 578. The summed E-state index contributed by atoms with van der Waals surface area (Å²) in [6.07, 6.45) is 0. The van der Waals surface area contributed by atoms with E-state index in [0.29, 0.717) is 10.7 Å². The topological polar surface area (TPSA) is 48.1 Å². The first-order valence-electron chi connectivity index (χ1n) is 5.39. The van der Waals surface area contributed by atoms with Gasteiger partial charge in [0, 0.05) is 24.1 Å². The molecule has 0 bridgehead atoms. The number of methoxy groups -OCH3 is 1. The van der Waals surface area contributed by atoms with Gasteiger partial charge in [-0.05, 0) is 12.1 Å². The maximum atomic E-state index is 13.2. The molecule has 0 unspecified atom stereocenters. The molecule has 0 spiro atoms. The second kappa shape index (κ2) is 5.68. The van der Waals surface area contributed by atoms with Crippen LogP contribution in [0.5, 0.6) is 0 Å². The molecule has 0 amide bonds. The van der Waals surface area contributed by atoms with Gasteiger partial charge in [-0.15, -0.1) is 11.3 Å². The molecule has 1 heterocycles. The fourth-order valence-electron chi connectivity index (χ4n) is 1.59. The van der Waals surface area contributed by atoms with Crippen molar-refractivity contribution in [2.24, 2.45) is 5.73 Å². The van der Waals surface area contributed by atoms with Crippen LogP contribution in [-0.2, 0) is 17.9 Å². The summed E-state index contributed by atoms with van der Waals surface area (Å²) >= 11 is 1.20. The van der Waals surface area contributed by atoms with Gasteiger partial charge in [0.25, 0.3) is 0 Å². The monoisotopic (exact) mass is 288 g/mol. The number of aromatic nitrogens is 1. The summed E-state index contributed by atoms with van der Waals surface area (Å²) in [5, 5.41) is 0.380. The molecule has 19 heavy (non-hydrogen) atoms. The molecule has 2 aromatic rings. The Labute approximate surface area is 111 Å². The molecule has 0 saturated heterocycles. The fourth-order valence-corrected chi connectivity index (χ4v) is 2.53. The van der Waals surface area contributed by atoms with Crippen molar-refractivity contribution in [3.63, 3.8) is 0 Å². The zero-order chi connectivity index (χ0) is 14.0. The summed E-state index contributed by atoms with van der Waals surface area (Å²) in [5.41, 5.74) is 6.36. The highest BCUT2D eigenvalue weighted by Gasteiger charge is 2.16. The largest absolute Gasteiger partial charge is 0.378 e. The van der Waals surface area contributed by atoms with Crippen LogP contribution in [0.15, 0.2) is 12.1 Å². The molecular formula is C12H11F3N2OS. The summed E-state index contributed by atoms with van der Waals surface area (Å²) in [6.45, 7) is 0.512. The minimum atomic E-state index is -1.49. The van der Waals surface area contributed by atoms with Crippen molar-refractivity contribution in [1.29, 1.82) is 0 Å². The van der Waals surface area contributed by atoms with E-state index in [0.717, 1.165) is 17.0 Å². The quantitative estimate of drug-likeness (QED) is 0.880. The molecule has 0 saturated carbocycles. The Morgan fingerprint density at radius 2 is 1.89 bits per heavy atom. The predicted molar refractivity (Wildman–Crippen MR) is 66.0 cm³/mol. The Hall–Kier alpha value is -1.44. The SMILES string of the molecule is COCc1nc(-c2cc(F)c(F)c(F)c2)sc1CN. The van der Waals surface area contributed by atoms with Crippen molar-refractivity contribution in [2.75, 3.05) is 7.11 Å². The summed E-state index contributed by atoms with van der Waals surface area (Å²) in [4.78, 5) is 4.98. The van der Waals surface area contributed by atoms with E-state index >= 15 is 0 Å². The molecular weight excluding hydrogens is 277 g/mol. The number of thiazole rings is 1. The van der Waals surface area contributed by atoms with Gasteiger partial charge in [-0.2, -0.15) is 0 Å². The third kappa shape index (κ3) is 2.78. The number of hydrogen-bond donors (Lipinski definition) is 1. The average molecular weight is 288 g/mol. The maximum absolute atomic E-state index is 13.2. The van der Waals surface area contributed by atoms with Crippen molar-refractivity contribution in [3.05, 3.63) is 40.2 Å². The number of benzene rings is 1. The molecule has 102 valence electrons. The Morgan fingerprint density at radius 1 is 1.26 bits per heavy atom. The van der Waals surface area contributed by atoms with Crippen LogP contribution in [0.3, 0.4) is 0 Å². The minimum Gasteiger partial charge on any atom is -0.378 e. The summed E-state index contributed by atoms with van der Waals surface area (Å²) in [5.74, 6) is -3.97. The summed E-state index contributed by atoms with van der Waals surface area (Å²) < 4.78 is 44.2. The second-order valence-corrected chi connectivity index (χ2v) is 4.86. The Balaban J connectivity index is 2.47. The van der Waals surface area contributed by atoms with Crippen molar-refractivity contribution < 1.29 is 17.9 Å². The molecule has 0 atom stereocenters. The molecule has 7 heteroatoms. The van der Waals surface area contributed by atoms with Crippen LogP contribution in [0.1, 0.15) is 10.6 Å². The highest BCUT2D eigenvalue weighted by molar-refractivity contribution is 7.15. The van der Waals surface area contributed by atoms with Crippen LogP contribution in [-0.4, -0.2) is 12.1 Å². The molecule has 3 nitrogen and oxygen atoms in total. The number of nitrogens with two attached hydrogens (primary N) is 1. The molecule has 1 aromatic carbocycles. The van der Waals surface area contributed by atoms with Gasteiger partial charge in [-0.3, -0.25) is 0 Å². The first-order valence-corrected chi connectivity index (χ1v) is 6.21. The van der Waals surface area contributed by atoms with Crippen LogP contribution in [0.2, 0.25) is 0 Å². The maximum Gasteiger partial charge on any atom is 0.194 e. The molecule has 0 fully saturated rings. The fraction of sp³-hybridized carbons (Fsp3) is 0.250. The van der Waals surface area contributed by atoms with Gasteiger partial charge in [-0.25, -0.2) is 18.2 Å². The van der Waals surface area contributed by atoms with E-state index in [1.165, 1.54) is 18.4 Å². The molecule has 2 N–H and O–H groups in total. The first-order chi connectivity index (χ1) is 9.06. The van der Waals surface area contributed by atoms with E-state index < -0.39 is 17.5 Å². The number of hydrogen-bond acceptors (Lipinski definition) is 4. The van der Waals surface area contributed by atoms with Crippen molar-refractivity contribution in [2.45, 2.75) is 13.2 Å². The summed E-state index contributed by atoms with van der Waals surface area (Å²) in [6, 6.07) is 1.82. The van der Waals surface area contributed by atoms with Crippen molar-refractivity contribution in [3.8, 4) is 10.6 Å². The van der Waals surface area contributed by atoms with Gasteiger partial charge in [0.15, 0.2) is 17.5 Å². The van der Waals surface area contributed by atoms with E-state index in [1.807, 2.05) is 0 Å². The van der Waals surface area contributed by atoms with Crippen LogP contribution >= 0.6 is 11.3 Å². The van der Waals surface area contributed by atoms with E-state index in [9.17, 15) is 13.2 Å². The zero-order valence-corrected chi connectivity index (χ0v) is 10.9. The van der Waals surface area contributed by atoms with E-state index in [1.54, 1.807) is 0 Å². The first kappa shape index (κ1) is 14.0. The standard InChI is InChI=1S/C12H11F3N2OS/c1-18-5-9-10(4-16)19-12(17-9)6-2-7(13)11(15)8(14)3-6/h2-3H,4-5,16H2,1H3. The number of rotatable bonds is 4. The summed E-state index contributed by atoms with van der Waals surface area (Å²) in [7, 11) is 1.51. The Kier molecular flexibility index (Phi) is 4.18. The highest BCUT2D eigenvalue weighted by Crippen LogP contribution is 2.30. The minimum absolute atomic E-state index is 0.179. The number of halogens is 3. The lowest BCUT2D eigenvalue weighted by atomic mass is 10.2. The normalized spacial score (nSPS) is 11.0. The average Bonchev–Trinajstić information content (AvgIpc) is 2.79. The van der Waals surface area contributed by atoms with E-state index in [-0.39, 0.29) is 18.7 Å². The van der Waals surface area contributed by atoms with Gasteiger partial charge in [0.05, 0.1) is 12.3 Å². The van der Waals surface area contributed by atoms with Crippen LogP contribution in [0.4, 0.5) is 13.2 Å². The van der Waals surface area contributed by atoms with Gasteiger partial charge in [0.2, 0.25) is 0 Å². The number of nitrogens with zero attached hydrogens (tertiary/aromatic N) is 1. The van der Waals surface area contributed by atoms with Crippen LogP contribution in [0.25, 0.3) is 10.6 Å². The molecule has 1 aromatic heterocycles. The molecule has 2 rings (SSSR count). The zero-order valence-electron chi connectivity index (χ0n) is 10.0. The van der Waals surface area contributed by atoms with Gasteiger partial charge >= 0.3 is 0 Å². The molecule has 0 aliphatic carbocycles. The second-order valence-electron chi connectivity index (χ2n) is 3.78.